The second kappa shape index (κ2) is 11.3. The molecule has 0 unspecified atom stereocenters. The standard InChI is InChI=1S/C21H24N2OS.C2H2O4/c1-15-9-10-19-16(13-15)14-18(17-7-5-6-8-20(17)24-4)21(22-19)25-12-11-23(2)3;3-1(4)2(5)6/h5-10,13-14H,11-12H2,1-4H3;(H,3,4)(H,5,6). The number of hydrogen-bond acceptors (Lipinski definition) is 6. The minimum atomic E-state index is -1.82. The SMILES string of the molecule is COc1ccccc1-c1cc2cc(C)ccc2nc1SCCN(C)C.O=C(O)C(=O)O. The molecule has 2 aromatic carbocycles. The van der Waals surface area contributed by atoms with E-state index in [-0.39, 0.29) is 0 Å². The molecule has 0 amide bonds. The summed E-state index contributed by atoms with van der Waals surface area (Å²) in [5.41, 5.74) is 4.51. The van der Waals surface area contributed by atoms with E-state index < -0.39 is 11.9 Å². The van der Waals surface area contributed by atoms with E-state index in [4.69, 9.17) is 29.5 Å². The van der Waals surface area contributed by atoms with Gasteiger partial charge in [-0.2, -0.15) is 0 Å². The number of aryl methyl sites for hydroxylation is 1. The molecule has 31 heavy (non-hydrogen) atoms. The third kappa shape index (κ3) is 6.97. The fourth-order valence-electron chi connectivity index (χ4n) is 2.77. The Morgan fingerprint density at radius 2 is 1.71 bits per heavy atom. The van der Waals surface area contributed by atoms with Crippen LogP contribution in [0.25, 0.3) is 22.0 Å². The van der Waals surface area contributed by atoms with E-state index >= 15 is 0 Å². The van der Waals surface area contributed by atoms with Crippen LogP contribution in [-0.4, -0.2) is 65.5 Å². The molecular formula is C23H26N2O5S. The Morgan fingerprint density at radius 1 is 1.03 bits per heavy atom. The molecule has 1 aromatic heterocycles. The summed E-state index contributed by atoms with van der Waals surface area (Å²) in [4.78, 5) is 25.3. The zero-order chi connectivity index (χ0) is 23.0. The number of thioether (sulfide) groups is 1. The van der Waals surface area contributed by atoms with Crippen LogP contribution in [-0.2, 0) is 9.59 Å². The first-order valence-corrected chi connectivity index (χ1v) is 10.5. The fraction of sp³-hybridized carbons (Fsp3) is 0.261. The Hall–Kier alpha value is -3.10. The Bertz CT molecular complexity index is 1060. The highest BCUT2D eigenvalue weighted by atomic mass is 32.2. The van der Waals surface area contributed by atoms with E-state index in [0.29, 0.717) is 0 Å². The quantitative estimate of drug-likeness (QED) is 0.436. The van der Waals surface area contributed by atoms with Gasteiger partial charge in [-0.15, -0.1) is 11.8 Å². The molecule has 0 spiro atoms. The molecular weight excluding hydrogens is 416 g/mol. The highest BCUT2D eigenvalue weighted by Gasteiger charge is 2.14. The fourth-order valence-corrected chi connectivity index (χ4v) is 3.91. The summed E-state index contributed by atoms with van der Waals surface area (Å²) < 4.78 is 5.59. The van der Waals surface area contributed by atoms with Crippen molar-refractivity contribution in [1.82, 2.24) is 9.88 Å². The Morgan fingerprint density at radius 3 is 2.32 bits per heavy atom. The minimum absolute atomic E-state index is 0.880. The number of rotatable bonds is 6. The largest absolute Gasteiger partial charge is 0.496 e. The summed E-state index contributed by atoms with van der Waals surface area (Å²) in [5, 5.41) is 17.0. The van der Waals surface area contributed by atoms with Gasteiger partial charge in [0.2, 0.25) is 0 Å². The average Bonchev–Trinajstić information content (AvgIpc) is 2.73. The summed E-state index contributed by atoms with van der Waals surface area (Å²) in [6.07, 6.45) is 0. The van der Waals surface area contributed by atoms with Crippen LogP contribution in [0, 0.1) is 6.92 Å². The van der Waals surface area contributed by atoms with Crippen molar-refractivity contribution in [3.8, 4) is 16.9 Å². The lowest BCUT2D eigenvalue weighted by atomic mass is 10.0. The first kappa shape index (κ1) is 24.2. The molecule has 0 saturated heterocycles. The van der Waals surface area contributed by atoms with E-state index in [1.807, 2.05) is 18.2 Å². The molecule has 0 bridgehead atoms. The van der Waals surface area contributed by atoms with E-state index in [1.54, 1.807) is 18.9 Å². The van der Waals surface area contributed by atoms with E-state index in [9.17, 15) is 0 Å². The number of aliphatic carboxylic acids is 2. The molecule has 0 aliphatic heterocycles. The van der Waals surface area contributed by atoms with Gasteiger partial charge in [-0.25, -0.2) is 14.6 Å². The van der Waals surface area contributed by atoms with Crippen LogP contribution in [0.2, 0.25) is 0 Å². The van der Waals surface area contributed by atoms with Gasteiger partial charge in [-0.3, -0.25) is 0 Å². The van der Waals surface area contributed by atoms with Gasteiger partial charge in [0.05, 0.1) is 12.6 Å². The monoisotopic (exact) mass is 442 g/mol. The predicted molar refractivity (Wildman–Crippen MR) is 123 cm³/mol. The number of carboxylic acids is 2. The van der Waals surface area contributed by atoms with Crippen molar-refractivity contribution >= 4 is 34.6 Å². The summed E-state index contributed by atoms with van der Waals surface area (Å²) in [6.45, 7) is 3.13. The van der Waals surface area contributed by atoms with Crippen molar-refractivity contribution in [2.75, 3.05) is 33.5 Å². The number of pyridine rings is 1. The summed E-state index contributed by atoms with van der Waals surface area (Å²) in [7, 11) is 5.91. The maximum atomic E-state index is 9.10. The van der Waals surface area contributed by atoms with E-state index in [2.05, 4.69) is 56.3 Å². The second-order valence-corrected chi connectivity index (χ2v) is 8.08. The van der Waals surface area contributed by atoms with Crippen LogP contribution in [0.15, 0.2) is 53.6 Å². The smallest absolute Gasteiger partial charge is 0.414 e. The predicted octanol–water partition coefficient (Wildman–Crippen LogP) is 4.03. The third-order valence-electron chi connectivity index (χ3n) is 4.29. The molecule has 0 aliphatic rings. The number of carbonyl (C=O) groups is 2. The number of fused-ring (bicyclic) bond motifs is 1. The number of hydrogen-bond donors (Lipinski definition) is 2. The van der Waals surface area contributed by atoms with E-state index in [1.165, 1.54) is 5.56 Å². The summed E-state index contributed by atoms with van der Waals surface area (Å²) >= 11 is 1.80. The molecule has 3 aromatic rings. The van der Waals surface area contributed by atoms with Crippen molar-refractivity contribution in [2.45, 2.75) is 11.9 Å². The number of ether oxygens (including phenoxy) is 1. The number of para-hydroxylation sites is 1. The van der Waals surface area contributed by atoms with Gasteiger partial charge in [0.25, 0.3) is 0 Å². The van der Waals surface area contributed by atoms with Crippen LogP contribution >= 0.6 is 11.8 Å². The Labute approximate surface area is 185 Å². The van der Waals surface area contributed by atoms with Gasteiger partial charge in [0.15, 0.2) is 0 Å². The molecule has 3 rings (SSSR count). The second-order valence-electron chi connectivity index (χ2n) is 7.00. The molecule has 7 nitrogen and oxygen atoms in total. The van der Waals surface area contributed by atoms with E-state index in [0.717, 1.165) is 45.1 Å². The van der Waals surface area contributed by atoms with Crippen LogP contribution in [0.3, 0.4) is 0 Å². The highest BCUT2D eigenvalue weighted by molar-refractivity contribution is 7.99. The number of carboxylic acid groups (broad SMARTS) is 2. The number of methoxy groups -OCH3 is 1. The average molecular weight is 443 g/mol. The Kier molecular flexibility index (Phi) is 8.84. The van der Waals surface area contributed by atoms with Crippen LogP contribution in [0.4, 0.5) is 0 Å². The van der Waals surface area contributed by atoms with Crippen molar-refractivity contribution in [1.29, 1.82) is 0 Å². The molecule has 0 fully saturated rings. The molecule has 0 radical (unpaired) electrons. The number of benzene rings is 2. The number of aromatic nitrogens is 1. The topological polar surface area (TPSA) is 100.0 Å². The van der Waals surface area contributed by atoms with Gasteiger partial charge in [0.1, 0.15) is 10.8 Å². The number of nitrogens with zero attached hydrogens (tertiary/aromatic N) is 2. The summed E-state index contributed by atoms with van der Waals surface area (Å²) in [6, 6.07) is 16.8. The van der Waals surface area contributed by atoms with Gasteiger partial charge in [-0.05, 0) is 45.3 Å². The normalized spacial score (nSPS) is 10.5. The maximum Gasteiger partial charge on any atom is 0.414 e. The lowest BCUT2D eigenvalue weighted by Gasteiger charge is -2.15. The van der Waals surface area contributed by atoms with Crippen molar-refractivity contribution in [3.05, 3.63) is 54.1 Å². The van der Waals surface area contributed by atoms with Gasteiger partial charge in [-0.1, -0.05) is 29.8 Å². The lowest BCUT2D eigenvalue weighted by molar-refractivity contribution is -0.159. The van der Waals surface area contributed by atoms with Gasteiger partial charge < -0.3 is 19.8 Å². The molecule has 2 N–H and O–H groups in total. The molecule has 0 aliphatic carbocycles. The van der Waals surface area contributed by atoms with Crippen molar-refractivity contribution < 1.29 is 24.5 Å². The van der Waals surface area contributed by atoms with Crippen LogP contribution in [0.5, 0.6) is 5.75 Å². The first-order valence-electron chi connectivity index (χ1n) is 9.51. The molecule has 164 valence electrons. The minimum Gasteiger partial charge on any atom is -0.496 e. The van der Waals surface area contributed by atoms with Gasteiger partial charge >= 0.3 is 11.9 Å². The maximum absolute atomic E-state index is 9.10. The lowest BCUT2D eigenvalue weighted by Crippen LogP contribution is -2.14. The molecule has 1 heterocycles. The zero-order valence-corrected chi connectivity index (χ0v) is 18.8. The van der Waals surface area contributed by atoms with Crippen molar-refractivity contribution in [3.63, 3.8) is 0 Å². The first-order chi connectivity index (χ1) is 14.7. The third-order valence-corrected chi connectivity index (χ3v) is 5.26. The highest BCUT2D eigenvalue weighted by Crippen LogP contribution is 2.37. The van der Waals surface area contributed by atoms with Crippen LogP contribution in [0.1, 0.15) is 5.56 Å². The molecule has 0 saturated carbocycles. The van der Waals surface area contributed by atoms with Gasteiger partial charge in [0, 0.05) is 28.8 Å². The van der Waals surface area contributed by atoms with Crippen molar-refractivity contribution in [2.24, 2.45) is 0 Å². The Balaban J connectivity index is 0.000000501. The molecule has 8 heteroatoms. The molecule has 0 atom stereocenters. The zero-order valence-electron chi connectivity index (χ0n) is 18.0. The van der Waals surface area contributed by atoms with Crippen LogP contribution < -0.4 is 4.74 Å². The summed E-state index contributed by atoms with van der Waals surface area (Å²) in [5.74, 6) is -1.77.